The van der Waals surface area contributed by atoms with Gasteiger partial charge in [0.15, 0.2) is 11.4 Å². The number of sulfonamides is 1. The summed E-state index contributed by atoms with van der Waals surface area (Å²) in [6, 6.07) is 1.81. The van der Waals surface area contributed by atoms with E-state index in [4.69, 9.17) is 21.1 Å². The monoisotopic (exact) mass is 851 g/mol. The summed E-state index contributed by atoms with van der Waals surface area (Å²) in [5.74, 6) is -3.47. The Labute approximate surface area is 340 Å². The minimum Gasteiger partial charge on any atom is -0.483 e. The van der Waals surface area contributed by atoms with E-state index >= 15 is 0 Å². The molecule has 3 N–H and O–H groups in total. The predicted molar refractivity (Wildman–Crippen MR) is 207 cm³/mol. The Morgan fingerprint density at radius 2 is 1.88 bits per heavy atom. The molecule has 5 atom stereocenters. The number of rotatable bonds is 6. The van der Waals surface area contributed by atoms with Gasteiger partial charge in [0.1, 0.15) is 23.2 Å². The summed E-state index contributed by atoms with van der Waals surface area (Å²) in [4.78, 5) is 61.7. The number of pyridine rings is 1. The van der Waals surface area contributed by atoms with Crippen LogP contribution < -0.4 is 20.1 Å². The molecule has 3 aliphatic heterocycles. The fourth-order valence-electron chi connectivity index (χ4n) is 8.49. The molecule has 4 heterocycles. The number of nitrogens with zero attached hydrogens (tertiary/aromatic N) is 2. The fourth-order valence-corrected chi connectivity index (χ4v) is 9.98. The first kappa shape index (κ1) is 42.0. The van der Waals surface area contributed by atoms with Crippen molar-refractivity contribution in [1.82, 2.24) is 25.2 Å². The number of carbonyl (C=O) groups is 4. The maximum Gasteiger partial charge on any atom is 0.437 e. The van der Waals surface area contributed by atoms with Crippen LogP contribution in [0.1, 0.15) is 103 Å². The molecule has 1 aromatic carbocycles. The van der Waals surface area contributed by atoms with Crippen LogP contribution in [0.15, 0.2) is 30.4 Å². The number of carbonyl (C=O) groups excluding carboxylic acids is 4. The van der Waals surface area contributed by atoms with Gasteiger partial charge in [-0.15, -0.1) is 0 Å². The normalized spacial score (nSPS) is 28.6. The summed E-state index contributed by atoms with van der Waals surface area (Å²) in [5.41, 5.74) is -4.16. The van der Waals surface area contributed by atoms with Gasteiger partial charge in [0.05, 0.1) is 23.4 Å². The van der Waals surface area contributed by atoms with Crippen molar-refractivity contribution in [3.8, 4) is 5.75 Å². The highest BCUT2D eigenvalue weighted by atomic mass is 35.5. The van der Waals surface area contributed by atoms with Crippen molar-refractivity contribution in [2.24, 2.45) is 11.8 Å². The molecule has 0 radical (unpaired) electrons. The van der Waals surface area contributed by atoms with E-state index < -0.39 is 85.3 Å². The number of halogens is 4. The van der Waals surface area contributed by atoms with Crippen molar-refractivity contribution >= 4 is 56.3 Å². The third kappa shape index (κ3) is 8.09. The van der Waals surface area contributed by atoms with Crippen molar-refractivity contribution in [3.05, 3.63) is 46.6 Å². The topological polar surface area (TPSA) is 173 Å². The minimum atomic E-state index is -4.93. The second-order valence-corrected chi connectivity index (χ2v) is 19.8. The molecule has 316 valence electrons. The average molecular weight is 852 g/mol. The first-order valence-corrected chi connectivity index (χ1v) is 21.8. The Morgan fingerprint density at radius 3 is 2.55 bits per heavy atom. The van der Waals surface area contributed by atoms with Crippen LogP contribution in [-0.2, 0) is 41.7 Å². The number of nitrogens with one attached hydrogen (secondary N) is 3. The van der Waals surface area contributed by atoms with E-state index in [1.54, 1.807) is 0 Å². The molecule has 2 saturated carbocycles. The van der Waals surface area contributed by atoms with Gasteiger partial charge >= 0.3 is 12.3 Å². The van der Waals surface area contributed by atoms with E-state index in [2.05, 4.69) is 20.3 Å². The lowest BCUT2D eigenvalue weighted by Gasteiger charge is -2.48. The number of allylic oxidation sites excluding steroid dienone is 1. The molecule has 5 aliphatic rings. The first-order valence-electron chi connectivity index (χ1n) is 19.9. The second-order valence-electron chi connectivity index (χ2n) is 17.1. The molecule has 4 amide bonds. The van der Waals surface area contributed by atoms with Gasteiger partial charge in [-0.1, -0.05) is 50.4 Å². The van der Waals surface area contributed by atoms with Gasteiger partial charge < -0.3 is 25.0 Å². The molecule has 1 aromatic heterocycles. The molecule has 2 aromatic rings. The summed E-state index contributed by atoms with van der Waals surface area (Å²) in [6.07, 6.45) is 1.83. The number of alkyl halides is 3. The van der Waals surface area contributed by atoms with Crippen LogP contribution in [0.3, 0.4) is 0 Å². The molecular formula is C40H49ClF3N5O8S. The highest BCUT2D eigenvalue weighted by Crippen LogP contribution is 2.49. The molecule has 1 saturated heterocycles. The molecule has 1 spiro atoms. The van der Waals surface area contributed by atoms with E-state index in [0.29, 0.717) is 50.3 Å². The molecular weight excluding hydrogens is 803 g/mol. The van der Waals surface area contributed by atoms with E-state index in [0.717, 1.165) is 0 Å². The van der Waals surface area contributed by atoms with Crippen LogP contribution in [0.2, 0.25) is 5.02 Å². The van der Waals surface area contributed by atoms with Crippen LogP contribution in [0.25, 0.3) is 10.9 Å². The number of amides is 4. The molecule has 5 unspecified atom stereocenters. The van der Waals surface area contributed by atoms with Crippen LogP contribution in [0.4, 0.5) is 18.0 Å². The zero-order chi connectivity index (χ0) is 41.8. The minimum absolute atomic E-state index is 0.00600. The van der Waals surface area contributed by atoms with E-state index in [1.807, 2.05) is 26.0 Å². The second kappa shape index (κ2) is 15.5. The summed E-state index contributed by atoms with van der Waals surface area (Å²) >= 11 is 6.26. The molecule has 58 heavy (non-hydrogen) atoms. The molecule has 2 aliphatic carbocycles. The highest BCUT2D eigenvalue weighted by Gasteiger charge is 2.60. The highest BCUT2D eigenvalue weighted by molar-refractivity contribution is 7.91. The summed E-state index contributed by atoms with van der Waals surface area (Å²) in [6.45, 7) is 5.00. The number of fused-ring (bicyclic) bond motifs is 5. The smallest absolute Gasteiger partial charge is 0.437 e. The maximum atomic E-state index is 14.7. The Bertz CT molecular complexity index is 2150. The van der Waals surface area contributed by atoms with Crippen LogP contribution in [0, 0.1) is 11.8 Å². The van der Waals surface area contributed by atoms with E-state index in [1.165, 1.54) is 30.0 Å². The third-order valence-electron chi connectivity index (χ3n) is 12.3. The standard InChI is InChI=1S/C40H49ClF3N5O8S/c1-23(2)21-56-36(53)46-29-10-8-6-4-5-7-9-24-13-16-39(24,35(52)48-58(54,55)37(3)17-18-37)47-33(50)30-20-38(22-49(30)34(29)51)15-14-26-27-19-25(41)11-12-28(27)45-32(31(26)57-38)40(42,43)44/h7,9,11-12,19,23-24,29-30H,4-6,8,10,13-18,20-22H2,1-3H3,(H,46,53)(H,47,50)(H,48,52). The largest absolute Gasteiger partial charge is 0.483 e. The number of aromatic nitrogens is 1. The lowest BCUT2D eigenvalue weighted by Crippen LogP contribution is -2.70. The quantitative estimate of drug-likeness (QED) is 0.290. The van der Waals surface area contributed by atoms with Crippen LogP contribution in [0.5, 0.6) is 5.75 Å². The SMILES string of the molecule is CC(C)COC(=O)NC1CCCCCC=CC2CCC2(C(=O)NS(=O)(=O)C2(C)CC2)NC(=O)C2CC3(CCc4c(c(C(F)(F)F)nc5ccc(Cl)cc45)O3)CN2C1=O. The number of hydrogen-bond acceptors (Lipinski definition) is 9. The Balaban J connectivity index is 1.27. The number of benzene rings is 1. The van der Waals surface area contributed by atoms with Gasteiger partial charge in [-0.2, -0.15) is 13.2 Å². The zero-order valence-corrected chi connectivity index (χ0v) is 34.2. The van der Waals surface area contributed by atoms with Crippen molar-refractivity contribution in [2.45, 2.75) is 132 Å². The molecule has 18 heteroatoms. The van der Waals surface area contributed by atoms with Crippen molar-refractivity contribution in [2.75, 3.05) is 13.2 Å². The van der Waals surface area contributed by atoms with Gasteiger partial charge in [0, 0.05) is 28.3 Å². The van der Waals surface area contributed by atoms with Gasteiger partial charge in [-0.25, -0.2) is 18.2 Å². The van der Waals surface area contributed by atoms with Gasteiger partial charge in [-0.3, -0.25) is 19.1 Å². The van der Waals surface area contributed by atoms with Gasteiger partial charge in [0.2, 0.25) is 21.8 Å². The Kier molecular flexibility index (Phi) is 11.2. The van der Waals surface area contributed by atoms with Gasteiger partial charge in [-0.05, 0) is 88.8 Å². The predicted octanol–water partition coefficient (Wildman–Crippen LogP) is 6.11. The summed E-state index contributed by atoms with van der Waals surface area (Å²) in [5, 5.41) is 6.18. The molecule has 3 fully saturated rings. The van der Waals surface area contributed by atoms with E-state index in [9.17, 15) is 40.8 Å². The zero-order valence-electron chi connectivity index (χ0n) is 32.7. The fraction of sp³-hybridized carbons (Fsp3) is 0.625. The lowest BCUT2D eigenvalue weighted by molar-refractivity contribution is -0.145. The molecule has 0 bridgehead atoms. The lowest BCUT2D eigenvalue weighted by atomic mass is 9.65. The van der Waals surface area contributed by atoms with Gasteiger partial charge in [0.25, 0.3) is 5.91 Å². The number of aryl methyl sites for hydroxylation is 1. The molecule has 13 nitrogen and oxygen atoms in total. The van der Waals surface area contributed by atoms with E-state index in [-0.39, 0.29) is 67.3 Å². The van der Waals surface area contributed by atoms with Crippen molar-refractivity contribution in [3.63, 3.8) is 0 Å². The maximum absolute atomic E-state index is 14.7. The first-order chi connectivity index (χ1) is 27.3. The number of alkyl carbamates (subject to hydrolysis) is 1. The van der Waals surface area contributed by atoms with Crippen molar-refractivity contribution < 1.29 is 50.2 Å². The number of hydrogen-bond donors (Lipinski definition) is 3. The third-order valence-corrected chi connectivity index (χ3v) is 14.7. The van der Waals surface area contributed by atoms with Crippen LogP contribution >= 0.6 is 11.6 Å². The van der Waals surface area contributed by atoms with Crippen LogP contribution in [-0.4, -0.2) is 83.2 Å². The Hall–Kier alpha value is -4.12. The number of ether oxygens (including phenoxy) is 2. The Morgan fingerprint density at radius 1 is 1.12 bits per heavy atom. The summed E-state index contributed by atoms with van der Waals surface area (Å²) in [7, 11) is -4.10. The summed E-state index contributed by atoms with van der Waals surface area (Å²) < 4.78 is 83.5. The average Bonchev–Trinajstić information content (AvgIpc) is 3.81. The molecule has 7 rings (SSSR count). The van der Waals surface area contributed by atoms with Crippen molar-refractivity contribution in [1.29, 1.82) is 0 Å².